The van der Waals surface area contributed by atoms with Gasteiger partial charge in [-0.05, 0) is 32.2 Å². The summed E-state index contributed by atoms with van der Waals surface area (Å²) in [5.41, 5.74) is 0.433. The Morgan fingerprint density at radius 3 is 2.29 bits per heavy atom. The first-order valence-corrected chi connectivity index (χ1v) is 7.03. The molecular formula is C14H30N2O. The van der Waals surface area contributed by atoms with E-state index in [4.69, 9.17) is 0 Å². The molecule has 0 bridgehead atoms. The van der Waals surface area contributed by atoms with Gasteiger partial charge in [0.05, 0.1) is 6.61 Å². The highest BCUT2D eigenvalue weighted by molar-refractivity contribution is 4.90. The van der Waals surface area contributed by atoms with Gasteiger partial charge in [-0.15, -0.1) is 0 Å². The van der Waals surface area contributed by atoms with Gasteiger partial charge in [0, 0.05) is 25.2 Å². The number of rotatable bonds is 7. The first-order valence-electron chi connectivity index (χ1n) is 7.03. The molecule has 0 saturated heterocycles. The summed E-state index contributed by atoms with van der Waals surface area (Å²) >= 11 is 0. The number of aliphatic hydroxyl groups is 1. The molecule has 1 aliphatic rings. The number of nitrogens with one attached hydrogen (secondary N) is 1. The van der Waals surface area contributed by atoms with Crippen molar-refractivity contribution in [1.29, 1.82) is 0 Å². The molecule has 0 aromatic rings. The van der Waals surface area contributed by atoms with Crippen LogP contribution in [0.15, 0.2) is 0 Å². The van der Waals surface area contributed by atoms with Crippen LogP contribution in [0.5, 0.6) is 0 Å². The largest absolute Gasteiger partial charge is 0.395 e. The number of nitrogens with zero attached hydrogens (tertiary/aromatic N) is 1. The van der Waals surface area contributed by atoms with Crippen molar-refractivity contribution in [1.82, 2.24) is 10.2 Å². The molecular weight excluding hydrogens is 212 g/mol. The molecule has 3 heteroatoms. The van der Waals surface area contributed by atoms with Crippen LogP contribution < -0.4 is 5.32 Å². The van der Waals surface area contributed by atoms with E-state index in [0.29, 0.717) is 11.5 Å². The van der Waals surface area contributed by atoms with Crippen LogP contribution >= 0.6 is 0 Å². The molecule has 0 aromatic heterocycles. The highest BCUT2D eigenvalue weighted by atomic mass is 16.3. The smallest absolute Gasteiger partial charge is 0.0584 e. The SMILES string of the molecule is CC(C)NCC1(CN(C)C(C)CO)CCCC1. The normalized spacial score (nSPS) is 21.4. The maximum Gasteiger partial charge on any atom is 0.0584 e. The maximum absolute atomic E-state index is 9.22. The summed E-state index contributed by atoms with van der Waals surface area (Å²) in [6.07, 6.45) is 5.38. The topological polar surface area (TPSA) is 35.5 Å². The third-order valence-corrected chi connectivity index (χ3v) is 4.15. The van der Waals surface area contributed by atoms with Crippen molar-refractivity contribution in [2.24, 2.45) is 5.41 Å². The Morgan fingerprint density at radius 2 is 1.82 bits per heavy atom. The monoisotopic (exact) mass is 242 g/mol. The lowest BCUT2D eigenvalue weighted by molar-refractivity contribution is 0.102. The van der Waals surface area contributed by atoms with Crippen LogP contribution in [0.25, 0.3) is 0 Å². The molecule has 17 heavy (non-hydrogen) atoms. The van der Waals surface area contributed by atoms with Crippen molar-refractivity contribution in [2.75, 3.05) is 26.7 Å². The van der Waals surface area contributed by atoms with Gasteiger partial charge >= 0.3 is 0 Å². The molecule has 0 amide bonds. The average molecular weight is 242 g/mol. The second-order valence-electron chi connectivity index (χ2n) is 6.19. The third-order valence-electron chi connectivity index (χ3n) is 4.15. The minimum absolute atomic E-state index is 0.254. The van der Waals surface area contributed by atoms with Crippen molar-refractivity contribution in [3.8, 4) is 0 Å². The van der Waals surface area contributed by atoms with E-state index in [1.54, 1.807) is 0 Å². The Labute approximate surface area is 107 Å². The highest BCUT2D eigenvalue weighted by Gasteiger charge is 2.35. The second-order valence-corrected chi connectivity index (χ2v) is 6.19. The number of likely N-dealkylation sites (N-methyl/N-ethyl adjacent to an activating group) is 1. The van der Waals surface area contributed by atoms with Gasteiger partial charge in [-0.3, -0.25) is 0 Å². The van der Waals surface area contributed by atoms with Gasteiger partial charge in [0.1, 0.15) is 0 Å². The maximum atomic E-state index is 9.22. The van der Waals surface area contributed by atoms with Gasteiger partial charge in [0.25, 0.3) is 0 Å². The molecule has 1 unspecified atom stereocenters. The Hall–Kier alpha value is -0.120. The minimum Gasteiger partial charge on any atom is -0.395 e. The van der Waals surface area contributed by atoms with Crippen molar-refractivity contribution in [3.63, 3.8) is 0 Å². The van der Waals surface area contributed by atoms with Crippen molar-refractivity contribution in [3.05, 3.63) is 0 Å². The molecule has 0 aromatic carbocycles. The highest BCUT2D eigenvalue weighted by Crippen LogP contribution is 2.38. The van der Waals surface area contributed by atoms with E-state index in [9.17, 15) is 5.11 Å². The van der Waals surface area contributed by atoms with Gasteiger partial charge in [-0.1, -0.05) is 26.7 Å². The molecule has 1 fully saturated rings. The fraction of sp³-hybridized carbons (Fsp3) is 1.00. The first-order chi connectivity index (χ1) is 7.99. The van der Waals surface area contributed by atoms with E-state index in [-0.39, 0.29) is 12.6 Å². The molecule has 0 heterocycles. The summed E-state index contributed by atoms with van der Waals surface area (Å²) in [6, 6.07) is 0.833. The Kier molecular flexibility index (Phi) is 5.90. The van der Waals surface area contributed by atoms with E-state index in [2.05, 4.69) is 38.0 Å². The first kappa shape index (κ1) is 14.9. The summed E-state index contributed by atoms with van der Waals surface area (Å²) in [6.45, 7) is 9.00. The lowest BCUT2D eigenvalue weighted by Crippen LogP contribution is -2.46. The second kappa shape index (κ2) is 6.72. The third kappa shape index (κ3) is 4.57. The predicted molar refractivity (Wildman–Crippen MR) is 73.2 cm³/mol. The molecule has 1 aliphatic carbocycles. The summed E-state index contributed by atoms with van der Waals surface area (Å²) in [5.74, 6) is 0. The van der Waals surface area contributed by atoms with E-state index < -0.39 is 0 Å². The average Bonchev–Trinajstić information content (AvgIpc) is 2.74. The van der Waals surface area contributed by atoms with Gasteiger partial charge in [-0.2, -0.15) is 0 Å². The van der Waals surface area contributed by atoms with E-state index >= 15 is 0 Å². The quantitative estimate of drug-likeness (QED) is 0.715. The van der Waals surface area contributed by atoms with Crippen LogP contribution in [0.3, 0.4) is 0 Å². The summed E-state index contributed by atoms with van der Waals surface area (Å²) in [5, 5.41) is 12.8. The van der Waals surface area contributed by atoms with Crippen LogP contribution in [-0.2, 0) is 0 Å². The molecule has 1 atom stereocenters. The van der Waals surface area contributed by atoms with Gasteiger partial charge < -0.3 is 15.3 Å². The lowest BCUT2D eigenvalue weighted by atomic mass is 9.85. The Balaban J connectivity index is 2.52. The summed E-state index contributed by atoms with van der Waals surface area (Å²) < 4.78 is 0. The lowest BCUT2D eigenvalue weighted by Gasteiger charge is -2.36. The number of aliphatic hydroxyl groups excluding tert-OH is 1. The van der Waals surface area contributed by atoms with Crippen molar-refractivity contribution >= 4 is 0 Å². The number of hydrogen-bond acceptors (Lipinski definition) is 3. The zero-order chi connectivity index (χ0) is 12.9. The van der Waals surface area contributed by atoms with E-state index in [1.165, 1.54) is 25.7 Å². The Morgan fingerprint density at radius 1 is 1.24 bits per heavy atom. The molecule has 0 radical (unpaired) electrons. The van der Waals surface area contributed by atoms with Crippen molar-refractivity contribution in [2.45, 2.75) is 58.5 Å². The van der Waals surface area contributed by atoms with Crippen LogP contribution in [0, 0.1) is 5.41 Å². The van der Waals surface area contributed by atoms with Crippen LogP contribution in [-0.4, -0.2) is 48.8 Å². The fourth-order valence-electron chi connectivity index (χ4n) is 2.76. The Bertz CT molecular complexity index is 212. The van der Waals surface area contributed by atoms with E-state index in [1.807, 2.05) is 0 Å². The summed E-state index contributed by atoms with van der Waals surface area (Å²) in [4.78, 5) is 2.31. The number of hydrogen-bond donors (Lipinski definition) is 2. The minimum atomic E-state index is 0.254. The standard InChI is InChI=1S/C14H30N2O/c1-12(2)15-10-14(7-5-6-8-14)11-16(4)13(3)9-17/h12-13,15,17H,5-11H2,1-4H3. The van der Waals surface area contributed by atoms with Gasteiger partial charge in [0.15, 0.2) is 0 Å². The zero-order valence-corrected chi connectivity index (χ0v) is 12.0. The zero-order valence-electron chi connectivity index (χ0n) is 12.0. The fourth-order valence-corrected chi connectivity index (χ4v) is 2.76. The molecule has 2 N–H and O–H groups in total. The van der Waals surface area contributed by atoms with Crippen LogP contribution in [0.4, 0.5) is 0 Å². The van der Waals surface area contributed by atoms with Crippen molar-refractivity contribution < 1.29 is 5.11 Å². The molecule has 1 rings (SSSR count). The van der Waals surface area contributed by atoms with Gasteiger partial charge in [-0.25, -0.2) is 0 Å². The van der Waals surface area contributed by atoms with Gasteiger partial charge in [0.2, 0.25) is 0 Å². The van der Waals surface area contributed by atoms with Crippen LogP contribution in [0.1, 0.15) is 46.5 Å². The molecule has 1 saturated carbocycles. The summed E-state index contributed by atoms with van der Waals surface area (Å²) in [7, 11) is 2.14. The molecule has 0 spiro atoms. The van der Waals surface area contributed by atoms with Crippen LogP contribution in [0.2, 0.25) is 0 Å². The molecule has 102 valence electrons. The van der Waals surface area contributed by atoms with E-state index in [0.717, 1.165) is 13.1 Å². The molecule has 3 nitrogen and oxygen atoms in total. The molecule has 0 aliphatic heterocycles. The predicted octanol–water partition coefficient (Wildman–Crippen LogP) is 1.86.